The van der Waals surface area contributed by atoms with Gasteiger partial charge in [-0.15, -0.1) is 0 Å². The molecule has 27 heavy (non-hydrogen) atoms. The molecule has 3 aromatic rings. The summed E-state index contributed by atoms with van der Waals surface area (Å²) in [5.41, 5.74) is 3.01. The molecule has 2 aromatic carbocycles. The average Bonchev–Trinajstić information content (AvgIpc) is 2.73. The van der Waals surface area contributed by atoms with E-state index >= 15 is 0 Å². The number of benzene rings is 2. The highest BCUT2D eigenvalue weighted by Gasteiger charge is 2.17. The molecule has 0 bridgehead atoms. The average molecular weight is 364 g/mol. The fraction of sp³-hybridized carbons (Fsp3) is 0.143. The van der Waals surface area contributed by atoms with Crippen molar-refractivity contribution in [3.8, 4) is 28.4 Å². The fourth-order valence-corrected chi connectivity index (χ4v) is 2.73. The molecule has 1 heterocycles. The number of hydrogen-bond acceptors (Lipinski definition) is 5. The maximum Gasteiger partial charge on any atom is 0.255 e. The third-order valence-electron chi connectivity index (χ3n) is 4.04. The van der Waals surface area contributed by atoms with Gasteiger partial charge in [0, 0.05) is 29.2 Å². The topological polar surface area (TPSA) is 69.7 Å². The largest absolute Gasteiger partial charge is 0.493 e. The van der Waals surface area contributed by atoms with E-state index < -0.39 is 0 Å². The Morgan fingerprint density at radius 3 is 2.19 bits per heavy atom. The van der Waals surface area contributed by atoms with Crippen LogP contribution in [0.4, 0.5) is 5.69 Å². The summed E-state index contributed by atoms with van der Waals surface area (Å²) in [4.78, 5) is 16.8. The number of anilines is 1. The number of aromatic nitrogens is 1. The quantitative estimate of drug-likeness (QED) is 0.715. The Hall–Kier alpha value is -3.54. The lowest BCUT2D eigenvalue weighted by Gasteiger charge is -2.14. The molecular formula is C21H20N2O4. The predicted molar refractivity (Wildman–Crippen MR) is 104 cm³/mol. The van der Waals surface area contributed by atoms with E-state index in [9.17, 15) is 4.79 Å². The first-order chi connectivity index (χ1) is 13.2. The summed E-state index contributed by atoms with van der Waals surface area (Å²) in [7, 11) is 4.54. The number of hydrogen-bond donors (Lipinski definition) is 1. The zero-order chi connectivity index (χ0) is 19.2. The van der Waals surface area contributed by atoms with Gasteiger partial charge in [0.1, 0.15) is 0 Å². The van der Waals surface area contributed by atoms with E-state index in [1.54, 1.807) is 24.5 Å². The highest BCUT2D eigenvalue weighted by molar-refractivity contribution is 6.05. The van der Waals surface area contributed by atoms with Crippen LogP contribution in [0.15, 0.2) is 60.9 Å². The normalized spacial score (nSPS) is 10.2. The number of ether oxygens (including phenoxy) is 3. The van der Waals surface area contributed by atoms with E-state index in [1.807, 2.05) is 36.4 Å². The first-order valence-electron chi connectivity index (χ1n) is 8.28. The van der Waals surface area contributed by atoms with Gasteiger partial charge in [-0.05, 0) is 35.9 Å². The Balaban J connectivity index is 1.88. The highest BCUT2D eigenvalue weighted by Crippen LogP contribution is 2.38. The van der Waals surface area contributed by atoms with E-state index in [-0.39, 0.29) is 5.91 Å². The molecule has 1 aromatic heterocycles. The molecule has 0 saturated heterocycles. The van der Waals surface area contributed by atoms with Crippen molar-refractivity contribution in [2.75, 3.05) is 26.6 Å². The molecule has 138 valence electrons. The summed E-state index contributed by atoms with van der Waals surface area (Å²) < 4.78 is 15.9. The monoisotopic (exact) mass is 364 g/mol. The second kappa shape index (κ2) is 8.23. The zero-order valence-corrected chi connectivity index (χ0v) is 15.4. The van der Waals surface area contributed by atoms with Crippen LogP contribution >= 0.6 is 0 Å². The third-order valence-corrected chi connectivity index (χ3v) is 4.04. The first-order valence-corrected chi connectivity index (χ1v) is 8.28. The fourth-order valence-electron chi connectivity index (χ4n) is 2.73. The van der Waals surface area contributed by atoms with E-state index in [4.69, 9.17) is 14.2 Å². The molecule has 0 spiro atoms. The summed E-state index contributed by atoms with van der Waals surface area (Å²) in [6.07, 6.45) is 3.50. The van der Waals surface area contributed by atoms with Crippen molar-refractivity contribution in [2.24, 2.45) is 0 Å². The second-order valence-corrected chi connectivity index (χ2v) is 5.69. The molecular weight excluding hydrogens is 344 g/mol. The first kappa shape index (κ1) is 18.3. The maximum atomic E-state index is 12.7. The second-order valence-electron chi connectivity index (χ2n) is 5.69. The Bertz CT molecular complexity index is 917. The van der Waals surface area contributed by atoms with Crippen LogP contribution in [-0.4, -0.2) is 32.2 Å². The third kappa shape index (κ3) is 4.00. The molecule has 0 fully saturated rings. The van der Waals surface area contributed by atoms with Gasteiger partial charge in [-0.2, -0.15) is 0 Å². The van der Waals surface area contributed by atoms with Gasteiger partial charge in [0.2, 0.25) is 5.75 Å². The number of nitrogens with one attached hydrogen (secondary N) is 1. The molecule has 6 heteroatoms. The Labute approximate surface area is 157 Å². The van der Waals surface area contributed by atoms with Gasteiger partial charge in [0.25, 0.3) is 5.91 Å². The molecule has 0 saturated carbocycles. The summed E-state index contributed by atoms with van der Waals surface area (Å²) in [6, 6.07) is 14.6. The van der Waals surface area contributed by atoms with Gasteiger partial charge in [-0.25, -0.2) is 0 Å². The molecule has 6 nitrogen and oxygen atoms in total. The maximum absolute atomic E-state index is 12.7. The lowest BCUT2D eigenvalue weighted by molar-refractivity contribution is 0.102. The molecule has 1 N–H and O–H groups in total. The van der Waals surface area contributed by atoms with Gasteiger partial charge in [-0.1, -0.05) is 18.2 Å². The van der Waals surface area contributed by atoms with E-state index in [2.05, 4.69) is 10.3 Å². The smallest absolute Gasteiger partial charge is 0.255 e. The van der Waals surface area contributed by atoms with Crippen molar-refractivity contribution in [1.29, 1.82) is 0 Å². The molecule has 3 rings (SSSR count). The van der Waals surface area contributed by atoms with E-state index in [1.165, 1.54) is 21.3 Å². The molecule has 0 aliphatic rings. The van der Waals surface area contributed by atoms with Gasteiger partial charge >= 0.3 is 0 Å². The van der Waals surface area contributed by atoms with Crippen LogP contribution in [0.3, 0.4) is 0 Å². The van der Waals surface area contributed by atoms with Crippen molar-refractivity contribution >= 4 is 11.6 Å². The predicted octanol–water partition coefficient (Wildman–Crippen LogP) is 4.03. The molecule has 0 aliphatic heterocycles. The highest BCUT2D eigenvalue weighted by atomic mass is 16.5. The standard InChI is InChI=1S/C21H20N2O4/c1-25-18-11-16(12-19(26-2)20(18)27-3)21(24)23-17-8-4-6-14(10-17)15-7-5-9-22-13-15/h4-13H,1-3H3,(H,23,24). The molecule has 0 radical (unpaired) electrons. The van der Waals surface area contributed by atoms with Gasteiger partial charge in [-0.3, -0.25) is 9.78 Å². The van der Waals surface area contributed by atoms with Crippen LogP contribution in [0, 0.1) is 0 Å². The van der Waals surface area contributed by atoms with Crippen LogP contribution in [-0.2, 0) is 0 Å². The number of nitrogens with zero attached hydrogens (tertiary/aromatic N) is 1. The zero-order valence-electron chi connectivity index (χ0n) is 15.4. The van der Waals surface area contributed by atoms with Gasteiger partial charge in [0.05, 0.1) is 21.3 Å². The lowest BCUT2D eigenvalue weighted by atomic mass is 10.1. The number of carbonyl (C=O) groups is 1. The van der Waals surface area contributed by atoms with E-state index in [0.717, 1.165) is 11.1 Å². The summed E-state index contributed by atoms with van der Waals surface area (Å²) >= 11 is 0. The Morgan fingerprint density at radius 1 is 0.889 bits per heavy atom. The van der Waals surface area contributed by atoms with Crippen molar-refractivity contribution in [3.63, 3.8) is 0 Å². The SMILES string of the molecule is COc1cc(C(=O)Nc2cccc(-c3cccnc3)c2)cc(OC)c1OC. The number of rotatable bonds is 6. The van der Waals surface area contributed by atoms with E-state index in [0.29, 0.717) is 28.5 Å². The van der Waals surface area contributed by atoms with Gasteiger partial charge in [0.15, 0.2) is 11.5 Å². The van der Waals surface area contributed by atoms with Crippen LogP contribution in [0.5, 0.6) is 17.2 Å². The summed E-state index contributed by atoms with van der Waals surface area (Å²) in [5.74, 6) is 1.00. The molecule has 0 atom stereocenters. The molecule has 1 amide bonds. The van der Waals surface area contributed by atoms with Crippen LogP contribution in [0.2, 0.25) is 0 Å². The van der Waals surface area contributed by atoms with Crippen molar-refractivity contribution in [2.45, 2.75) is 0 Å². The van der Waals surface area contributed by atoms with Crippen molar-refractivity contribution in [3.05, 3.63) is 66.5 Å². The minimum absolute atomic E-state index is 0.280. The molecule has 0 unspecified atom stereocenters. The number of pyridine rings is 1. The number of amides is 1. The van der Waals surface area contributed by atoms with Crippen LogP contribution in [0.25, 0.3) is 11.1 Å². The number of methoxy groups -OCH3 is 3. The lowest BCUT2D eigenvalue weighted by Crippen LogP contribution is -2.12. The Kier molecular flexibility index (Phi) is 5.56. The van der Waals surface area contributed by atoms with Gasteiger partial charge < -0.3 is 19.5 Å². The van der Waals surface area contributed by atoms with Crippen LogP contribution in [0.1, 0.15) is 10.4 Å². The Morgan fingerprint density at radius 2 is 1.59 bits per heavy atom. The van der Waals surface area contributed by atoms with Crippen LogP contribution < -0.4 is 19.5 Å². The number of carbonyl (C=O) groups excluding carboxylic acids is 1. The van der Waals surface area contributed by atoms with Crippen molar-refractivity contribution in [1.82, 2.24) is 4.98 Å². The minimum Gasteiger partial charge on any atom is -0.493 e. The minimum atomic E-state index is -0.280. The van der Waals surface area contributed by atoms with Crippen molar-refractivity contribution < 1.29 is 19.0 Å². The summed E-state index contributed by atoms with van der Waals surface area (Å²) in [5, 5.41) is 2.90. The molecule has 0 aliphatic carbocycles. The summed E-state index contributed by atoms with van der Waals surface area (Å²) in [6.45, 7) is 0.